The Hall–Kier alpha value is -3.80. The molecule has 0 aromatic heterocycles. The zero-order valence-electron chi connectivity index (χ0n) is 18.9. The molecule has 0 aliphatic heterocycles. The van der Waals surface area contributed by atoms with Crippen molar-refractivity contribution in [2.75, 3.05) is 6.67 Å². The number of carbonyl (C=O) groups excluding carboxylic acids is 3. The lowest BCUT2D eigenvalue weighted by molar-refractivity contribution is -0.129. The van der Waals surface area contributed by atoms with Crippen LogP contribution in [0.15, 0.2) is 91.0 Å². The van der Waals surface area contributed by atoms with E-state index in [1.807, 2.05) is 91.0 Å². The van der Waals surface area contributed by atoms with Gasteiger partial charge in [-0.25, -0.2) is 9.18 Å². The first-order valence-corrected chi connectivity index (χ1v) is 11.2. The number of nitrogens with one attached hydrogen (secondary N) is 1. The number of carbonyl (C=O) groups is 3. The lowest BCUT2D eigenvalue weighted by Crippen LogP contribution is -2.44. The summed E-state index contributed by atoms with van der Waals surface area (Å²) in [5.41, 5.74) is 2.51. The van der Waals surface area contributed by atoms with Crippen LogP contribution in [0.3, 0.4) is 0 Å². The first-order chi connectivity index (χ1) is 16.5. The van der Waals surface area contributed by atoms with Crippen LogP contribution in [0, 0.1) is 5.92 Å². The Balaban J connectivity index is 1.70. The van der Waals surface area contributed by atoms with Crippen molar-refractivity contribution in [3.63, 3.8) is 0 Å². The fourth-order valence-corrected chi connectivity index (χ4v) is 3.69. The molecule has 1 amide bonds. The number of benzene rings is 3. The van der Waals surface area contributed by atoms with Crippen LogP contribution in [-0.2, 0) is 33.8 Å². The molecular weight excluding hydrogens is 433 g/mol. The molecule has 0 spiro atoms. The van der Waals surface area contributed by atoms with E-state index in [9.17, 15) is 18.8 Å². The topological polar surface area (TPSA) is 72.5 Å². The Labute approximate surface area is 199 Å². The number of ether oxygens (including phenoxy) is 1. The number of Topliss-reactive ketones (excluding diaryl/α,β-unsaturated/α-hetero) is 2. The predicted molar refractivity (Wildman–Crippen MR) is 128 cm³/mol. The summed E-state index contributed by atoms with van der Waals surface area (Å²) in [6, 6.07) is 26.7. The van der Waals surface area contributed by atoms with Crippen LogP contribution < -0.4 is 5.32 Å². The third kappa shape index (κ3) is 7.96. The number of alkyl halides is 1. The van der Waals surface area contributed by atoms with Gasteiger partial charge in [-0.2, -0.15) is 0 Å². The molecule has 0 saturated heterocycles. The van der Waals surface area contributed by atoms with Gasteiger partial charge in [0.15, 0.2) is 11.6 Å². The maximum Gasteiger partial charge on any atom is 0.408 e. The standard InChI is InChI=1S/C28H28FNO4/c29-19-27(32)24(16-21-10-4-1-5-11-21)18-26(31)25(17-22-12-6-2-7-13-22)30-28(33)34-20-23-14-8-3-9-15-23/h1-15,24-25H,16-20H2,(H,30,33)/t24-,25?/m1/s1. The summed E-state index contributed by atoms with van der Waals surface area (Å²) in [7, 11) is 0. The molecule has 0 aliphatic carbocycles. The number of alkyl carbamates (subject to hydrolysis) is 1. The number of hydrogen-bond donors (Lipinski definition) is 1. The highest BCUT2D eigenvalue weighted by Gasteiger charge is 2.28. The lowest BCUT2D eigenvalue weighted by Gasteiger charge is -2.21. The fraction of sp³-hybridized carbons (Fsp3) is 0.250. The van der Waals surface area contributed by atoms with Crippen molar-refractivity contribution >= 4 is 17.7 Å². The van der Waals surface area contributed by atoms with Crippen LogP contribution in [0.5, 0.6) is 0 Å². The second-order valence-corrected chi connectivity index (χ2v) is 8.11. The molecule has 0 fully saturated rings. The van der Waals surface area contributed by atoms with Gasteiger partial charge in [-0.3, -0.25) is 9.59 Å². The molecule has 0 heterocycles. The first-order valence-electron chi connectivity index (χ1n) is 11.2. The molecule has 0 saturated carbocycles. The molecule has 1 N–H and O–H groups in total. The molecule has 176 valence electrons. The Morgan fingerprint density at radius 2 is 1.21 bits per heavy atom. The van der Waals surface area contributed by atoms with Gasteiger partial charge in [0.1, 0.15) is 13.3 Å². The quantitative estimate of drug-likeness (QED) is 0.417. The average Bonchev–Trinajstić information content (AvgIpc) is 2.88. The molecule has 3 aromatic rings. The Bertz CT molecular complexity index is 1060. The fourth-order valence-electron chi connectivity index (χ4n) is 3.69. The molecule has 3 rings (SSSR count). The van der Waals surface area contributed by atoms with Crippen LogP contribution in [0.25, 0.3) is 0 Å². The van der Waals surface area contributed by atoms with Crippen LogP contribution in [0.2, 0.25) is 0 Å². The third-order valence-electron chi connectivity index (χ3n) is 5.54. The Kier molecular flexibility index (Phi) is 9.52. The summed E-state index contributed by atoms with van der Waals surface area (Å²) in [5, 5.41) is 2.65. The van der Waals surface area contributed by atoms with Crippen molar-refractivity contribution in [2.24, 2.45) is 5.92 Å². The van der Waals surface area contributed by atoms with E-state index < -0.39 is 30.5 Å². The average molecular weight is 462 g/mol. The monoisotopic (exact) mass is 461 g/mol. The summed E-state index contributed by atoms with van der Waals surface area (Å²) in [5.74, 6) is -1.77. The largest absolute Gasteiger partial charge is 0.445 e. The van der Waals surface area contributed by atoms with Crippen LogP contribution >= 0.6 is 0 Å². The summed E-state index contributed by atoms with van der Waals surface area (Å²) in [6.07, 6.45) is -0.406. The summed E-state index contributed by atoms with van der Waals surface area (Å²) >= 11 is 0. The van der Waals surface area contributed by atoms with E-state index in [1.165, 1.54) is 0 Å². The van der Waals surface area contributed by atoms with E-state index in [2.05, 4.69) is 5.32 Å². The first kappa shape index (κ1) is 24.8. The van der Waals surface area contributed by atoms with Gasteiger partial charge in [0.2, 0.25) is 0 Å². The molecule has 34 heavy (non-hydrogen) atoms. The van der Waals surface area contributed by atoms with Gasteiger partial charge in [0.25, 0.3) is 0 Å². The highest BCUT2D eigenvalue weighted by Crippen LogP contribution is 2.17. The lowest BCUT2D eigenvalue weighted by atomic mass is 9.88. The van der Waals surface area contributed by atoms with Crippen LogP contribution in [0.4, 0.5) is 9.18 Å². The van der Waals surface area contributed by atoms with Crippen molar-refractivity contribution in [3.8, 4) is 0 Å². The second-order valence-electron chi connectivity index (χ2n) is 8.11. The molecule has 0 aliphatic rings. The van der Waals surface area contributed by atoms with Crippen LogP contribution in [-0.4, -0.2) is 30.4 Å². The minimum absolute atomic E-state index is 0.0654. The van der Waals surface area contributed by atoms with Gasteiger partial charge < -0.3 is 10.1 Å². The number of halogens is 1. The van der Waals surface area contributed by atoms with E-state index in [0.29, 0.717) is 0 Å². The van der Waals surface area contributed by atoms with Gasteiger partial charge in [-0.05, 0) is 29.5 Å². The maximum absolute atomic E-state index is 13.3. The van der Waals surface area contributed by atoms with Gasteiger partial charge in [0.05, 0.1) is 6.04 Å². The number of amides is 1. The van der Waals surface area contributed by atoms with Crippen molar-refractivity contribution < 1.29 is 23.5 Å². The highest BCUT2D eigenvalue weighted by molar-refractivity contribution is 5.92. The number of ketones is 2. The Morgan fingerprint density at radius 1 is 0.706 bits per heavy atom. The normalized spacial score (nSPS) is 12.4. The van der Waals surface area contributed by atoms with Crippen LogP contribution in [0.1, 0.15) is 23.1 Å². The van der Waals surface area contributed by atoms with E-state index in [4.69, 9.17) is 4.74 Å². The van der Waals surface area contributed by atoms with E-state index in [0.717, 1.165) is 16.7 Å². The van der Waals surface area contributed by atoms with Crippen molar-refractivity contribution in [1.29, 1.82) is 0 Å². The third-order valence-corrected chi connectivity index (χ3v) is 5.54. The van der Waals surface area contributed by atoms with Gasteiger partial charge >= 0.3 is 6.09 Å². The summed E-state index contributed by atoms with van der Waals surface area (Å²) < 4.78 is 18.5. The number of hydrogen-bond acceptors (Lipinski definition) is 4. The molecular formula is C28H28FNO4. The van der Waals surface area contributed by atoms with E-state index >= 15 is 0 Å². The molecule has 5 nitrogen and oxygen atoms in total. The highest BCUT2D eigenvalue weighted by atomic mass is 19.1. The van der Waals surface area contributed by atoms with E-state index in [1.54, 1.807) is 0 Å². The van der Waals surface area contributed by atoms with Gasteiger partial charge in [-0.1, -0.05) is 91.0 Å². The van der Waals surface area contributed by atoms with Crippen molar-refractivity contribution in [3.05, 3.63) is 108 Å². The van der Waals surface area contributed by atoms with Crippen molar-refractivity contribution in [2.45, 2.75) is 31.9 Å². The summed E-state index contributed by atoms with van der Waals surface area (Å²) in [6.45, 7) is -1.07. The number of rotatable bonds is 12. The Morgan fingerprint density at radius 3 is 1.74 bits per heavy atom. The maximum atomic E-state index is 13.3. The minimum Gasteiger partial charge on any atom is -0.445 e. The molecule has 0 radical (unpaired) electrons. The van der Waals surface area contributed by atoms with Crippen molar-refractivity contribution in [1.82, 2.24) is 5.32 Å². The zero-order valence-corrected chi connectivity index (χ0v) is 18.9. The molecule has 6 heteroatoms. The molecule has 0 bridgehead atoms. The second kappa shape index (κ2) is 13.0. The van der Waals surface area contributed by atoms with Gasteiger partial charge in [0, 0.05) is 12.3 Å². The SMILES string of the molecule is O=C(NC(Cc1ccccc1)C(=O)C[C@@H](Cc1ccccc1)C(=O)CF)OCc1ccccc1. The predicted octanol–water partition coefficient (Wildman–Crippen LogP) is 4.88. The van der Waals surface area contributed by atoms with E-state index in [-0.39, 0.29) is 31.7 Å². The minimum atomic E-state index is -1.14. The molecule has 3 aromatic carbocycles. The smallest absolute Gasteiger partial charge is 0.408 e. The summed E-state index contributed by atoms with van der Waals surface area (Å²) in [4.78, 5) is 38.0. The molecule has 2 atom stereocenters. The zero-order chi connectivity index (χ0) is 24.2. The van der Waals surface area contributed by atoms with Gasteiger partial charge in [-0.15, -0.1) is 0 Å². The molecule has 1 unspecified atom stereocenters.